The second-order valence-corrected chi connectivity index (χ2v) is 9.26. The van der Waals surface area contributed by atoms with Gasteiger partial charge in [0.2, 0.25) is 5.43 Å². The van der Waals surface area contributed by atoms with Gasteiger partial charge in [0.05, 0.1) is 22.5 Å². The zero-order chi connectivity index (χ0) is 23.3. The van der Waals surface area contributed by atoms with E-state index in [2.05, 4.69) is 4.90 Å². The van der Waals surface area contributed by atoms with Crippen molar-refractivity contribution in [2.45, 2.75) is 17.3 Å². The largest absolute Gasteiger partial charge is 0.462 e. The number of anilines is 1. The van der Waals surface area contributed by atoms with Crippen molar-refractivity contribution in [3.63, 3.8) is 0 Å². The van der Waals surface area contributed by atoms with E-state index >= 15 is 8.78 Å². The van der Waals surface area contributed by atoms with Crippen LogP contribution in [0.5, 0.6) is 0 Å². The third-order valence-electron chi connectivity index (χ3n) is 6.16. The van der Waals surface area contributed by atoms with Gasteiger partial charge in [0.1, 0.15) is 22.4 Å². The number of ether oxygens (including phenoxy) is 1. The molecule has 1 atom stereocenters. The lowest BCUT2D eigenvalue weighted by molar-refractivity contribution is 0.0518. The van der Waals surface area contributed by atoms with E-state index in [0.29, 0.717) is 31.2 Å². The van der Waals surface area contributed by atoms with Crippen LogP contribution in [0.3, 0.4) is 0 Å². The van der Waals surface area contributed by atoms with Gasteiger partial charge in [-0.3, -0.25) is 4.79 Å². The number of carbonyl (C=O) groups is 1. The molecule has 6 nitrogen and oxygen atoms in total. The number of fused-ring (bicyclic) bond motifs is 3. The summed E-state index contributed by atoms with van der Waals surface area (Å²) < 4.78 is 38.0. The first kappa shape index (κ1) is 21.9. The number of thioether (sulfide) groups is 1. The fourth-order valence-electron chi connectivity index (χ4n) is 4.45. The second kappa shape index (κ2) is 8.46. The monoisotopic (exact) mass is 471 g/mol. The first-order valence-corrected chi connectivity index (χ1v) is 11.7. The summed E-state index contributed by atoms with van der Waals surface area (Å²) in [6.07, 6.45) is 0. The molecule has 3 aromatic rings. The maximum atomic E-state index is 16.1. The molecular weight excluding hydrogens is 448 g/mol. The molecular formula is C24H23F2N3O3S. The van der Waals surface area contributed by atoms with Crippen molar-refractivity contribution in [3.05, 3.63) is 69.4 Å². The van der Waals surface area contributed by atoms with E-state index in [9.17, 15) is 9.59 Å². The Labute approximate surface area is 193 Å². The van der Waals surface area contributed by atoms with Crippen LogP contribution in [0.2, 0.25) is 0 Å². The van der Waals surface area contributed by atoms with Crippen molar-refractivity contribution in [2.75, 3.05) is 44.7 Å². The van der Waals surface area contributed by atoms with E-state index in [1.54, 1.807) is 16.4 Å². The highest BCUT2D eigenvalue weighted by molar-refractivity contribution is 8.00. The third kappa shape index (κ3) is 3.50. The fraction of sp³-hybridized carbons (Fsp3) is 0.333. The molecule has 2 aliphatic heterocycles. The van der Waals surface area contributed by atoms with Gasteiger partial charge in [0.25, 0.3) is 0 Å². The molecule has 1 aromatic heterocycles. The Bertz CT molecular complexity index is 1300. The van der Waals surface area contributed by atoms with Crippen LogP contribution in [0.15, 0.2) is 46.2 Å². The van der Waals surface area contributed by atoms with Crippen molar-refractivity contribution in [1.82, 2.24) is 9.47 Å². The molecule has 3 heterocycles. The van der Waals surface area contributed by atoms with Gasteiger partial charge < -0.3 is 19.1 Å². The van der Waals surface area contributed by atoms with Gasteiger partial charge in [-0.15, -0.1) is 0 Å². The minimum absolute atomic E-state index is 0.0194. The predicted molar refractivity (Wildman–Crippen MR) is 124 cm³/mol. The van der Waals surface area contributed by atoms with E-state index in [4.69, 9.17) is 4.74 Å². The minimum Gasteiger partial charge on any atom is -0.462 e. The molecule has 0 radical (unpaired) electrons. The summed E-state index contributed by atoms with van der Waals surface area (Å²) in [6, 6.07) is 10.5. The maximum absolute atomic E-state index is 16.1. The summed E-state index contributed by atoms with van der Waals surface area (Å²) in [6.45, 7) is 4.05. The number of aromatic nitrogens is 1. The molecule has 1 unspecified atom stereocenters. The molecule has 172 valence electrons. The molecule has 9 heteroatoms. The Morgan fingerprint density at radius 2 is 1.85 bits per heavy atom. The molecule has 5 rings (SSSR count). The molecule has 0 aliphatic carbocycles. The number of benzene rings is 2. The molecule has 0 N–H and O–H groups in total. The Morgan fingerprint density at radius 1 is 1.15 bits per heavy atom. The number of hydrogen-bond acceptors (Lipinski definition) is 6. The zero-order valence-electron chi connectivity index (χ0n) is 18.3. The van der Waals surface area contributed by atoms with Crippen LogP contribution in [-0.2, 0) is 4.74 Å². The van der Waals surface area contributed by atoms with Gasteiger partial charge in [0.15, 0.2) is 5.82 Å². The smallest absolute Gasteiger partial charge is 0.344 e. The molecule has 0 saturated carbocycles. The number of halogens is 2. The van der Waals surface area contributed by atoms with E-state index < -0.39 is 23.0 Å². The highest BCUT2D eigenvalue weighted by atomic mass is 32.2. The van der Waals surface area contributed by atoms with Gasteiger partial charge in [-0.25, -0.2) is 13.6 Å². The van der Waals surface area contributed by atoms with Crippen LogP contribution in [-0.4, -0.2) is 55.3 Å². The van der Waals surface area contributed by atoms with Crippen molar-refractivity contribution >= 4 is 34.3 Å². The third-order valence-corrected chi connectivity index (χ3v) is 7.49. The first-order chi connectivity index (χ1) is 15.9. The highest BCUT2D eigenvalue weighted by Gasteiger charge is 2.39. The number of piperazine rings is 1. The van der Waals surface area contributed by atoms with E-state index in [1.807, 2.05) is 37.4 Å². The summed E-state index contributed by atoms with van der Waals surface area (Å²) in [5.41, 5.74) is -0.105. The topological polar surface area (TPSA) is 54.8 Å². The SMILES string of the molecule is CCOC(=O)c1c2n(c3c(F)c(N4CCN(C)CC4)c(F)cc3c1=O)C(c1ccccc1)S2. The number of esters is 1. The average Bonchev–Trinajstić information content (AvgIpc) is 2.78. The van der Waals surface area contributed by atoms with E-state index in [-0.39, 0.29) is 34.1 Å². The lowest BCUT2D eigenvalue weighted by Gasteiger charge is -2.37. The fourth-order valence-corrected chi connectivity index (χ4v) is 5.71. The van der Waals surface area contributed by atoms with Gasteiger partial charge in [0, 0.05) is 26.2 Å². The van der Waals surface area contributed by atoms with Gasteiger partial charge in [-0.2, -0.15) is 0 Å². The van der Waals surface area contributed by atoms with Gasteiger partial charge in [-0.05, 0) is 25.6 Å². The van der Waals surface area contributed by atoms with Crippen LogP contribution in [0.25, 0.3) is 10.9 Å². The van der Waals surface area contributed by atoms with Crippen LogP contribution in [0.1, 0.15) is 28.2 Å². The highest BCUT2D eigenvalue weighted by Crippen LogP contribution is 2.51. The van der Waals surface area contributed by atoms with Gasteiger partial charge in [-0.1, -0.05) is 42.1 Å². The molecule has 2 aliphatic rings. The Morgan fingerprint density at radius 3 is 2.52 bits per heavy atom. The molecule has 0 bridgehead atoms. The number of hydrogen-bond donors (Lipinski definition) is 0. The van der Waals surface area contributed by atoms with Crippen molar-refractivity contribution in [3.8, 4) is 0 Å². The van der Waals surface area contributed by atoms with Crippen LogP contribution in [0, 0.1) is 11.6 Å². The Hall–Kier alpha value is -2.91. The van der Waals surface area contributed by atoms with Crippen LogP contribution in [0.4, 0.5) is 14.5 Å². The number of likely N-dealkylation sites (N-methyl/N-ethyl adjacent to an activating group) is 1. The second-order valence-electron chi connectivity index (χ2n) is 8.19. The summed E-state index contributed by atoms with van der Waals surface area (Å²) in [4.78, 5) is 29.7. The molecule has 2 aromatic carbocycles. The van der Waals surface area contributed by atoms with Gasteiger partial charge >= 0.3 is 5.97 Å². The van der Waals surface area contributed by atoms with Crippen LogP contribution >= 0.6 is 11.8 Å². The first-order valence-electron chi connectivity index (χ1n) is 10.8. The Balaban J connectivity index is 1.77. The molecule has 33 heavy (non-hydrogen) atoms. The molecule has 1 fully saturated rings. The zero-order valence-corrected chi connectivity index (χ0v) is 19.1. The lowest BCUT2D eigenvalue weighted by Crippen LogP contribution is -2.45. The number of pyridine rings is 1. The van der Waals surface area contributed by atoms with Crippen molar-refractivity contribution in [2.24, 2.45) is 0 Å². The quantitative estimate of drug-likeness (QED) is 0.539. The maximum Gasteiger partial charge on any atom is 0.344 e. The van der Waals surface area contributed by atoms with Crippen molar-refractivity contribution < 1.29 is 18.3 Å². The molecule has 0 spiro atoms. The van der Waals surface area contributed by atoms with E-state index in [0.717, 1.165) is 11.6 Å². The normalized spacial score (nSPS) is 18.2. The summed E-state index contributed by atoms with van der Waals surface area (Å²) in [7, 11) is 1.96. The van der Waals surface area contributed by atoms with Crippen molar-refractivity contribution in [1.29, 1.82) is 0 Å². The number of rotatable bonds is 4. The number of carbonyl (C=O) groups excluding carboxylic acids is 1. The lowest BCUT2D eigenvalue weighted by atomic mass is 10.1. The summed E-state index contributed by atoms with van der Waals surface area (Å²) in [5.74, 6) is -2.36. The average molecular weight is 472 g/mol. The summed E-state index contributed by atoms with van der Waals surface area (Å²) in [5, 5.41) is -0.164. The molecule has 0 amide bonds. The molecule has 1 saturated heterocycles. The van der Waals surface area contributed by atoms with E-state index in [1.165, 1.54) is 11.8 Å². The van der Waals surface area contributed by atoms with Crippen LogP contribution < -0.4 is 10.3 Å². The Kier molecular flexibility index (Phi) is 5.62. The standard InChI is InChI=1S/C24H23F2N3O3S/c1-3-32-24(31)17-21(30)15-13-16(25)20(28-11-9-27(2)10-12-28)18(26)19(15)29-22(33-23(17)29)14-7-5-4-6-8-14/h4-8,13,22H,3,9-12H2,1-2H3. The minimum atomic E-state index is -0.805. The predicted octanol–water partition coefficient (Wildman–Crippen LogP) is 3.86. The number of nitrogens with zero attached hydrogens (tertiary/aromatic N) is 3. The summed E-state index contributed by atoms with van der Waals surface area (Å²) >= 11 is 1.30.